The van der Waals surface area contributed by atoms with Gasteiger partial charge in [-0.15, -0.1) is 5.10 Å². The minimum absolute atomic E-state index is 0.0155. The van der Waals surface area contributed by atoms with Gasteiger partial charge < -0.3 is 14.9 Å². The molecule has 0 saturated heterocycles. The number of carbonyl (C=O) groups excluding carboxylic acids is 1. The van der Waals surface area contributed by atoms with Gasteiger partial charge in [0.1, 0.15) is 5.52 Å². The number of rotatable bonds is 6. The van der Waals surface area contributed by atoms with Crippen LogP contribution in [0.5, 0.6) is 0 Å². The molecule has 3 aromatic heterocycles. The predicted octanol–water partition coefficient (Wildman–Crippen LogP) is 2.23. The zero-order chi connectivity index (χ0) is 19.7. The Bertz CT molecular complexity index is 1100. The fourth-order valence-electron chi connectivity index (χ4n) is 2.41. The molecule has 0 spiro atoms. The summed E-state index contributed by atoms with van der Waals surface area (Å²) in [6.45, 7) is 3.49. The number of anilines is 1. The number of fused-ring (bicyclic) bond motifs is 1. The van der Waals surface area contributed by atoms with E-state index >= 15 is 0 Å². The van der Waals surface area contributed by atoms with E-state index in [9.17, 15) is 4.79 Å². The van der Waals surface area contributed by atoms with Gasteiger partial charge in [-0.3, -0.25) is 0 Å². The molecule has 0 radical (unpaired) electrons. The Balaban J connectivity index is 1.67. The van der Waals surface area contributed by atoms with E-state index in [1.54, 1.807) is 13.8 Å². The lowest BCUT2D eigenvalue weighted by molar-refractivity contribution is 0.0369. The Hall–Kier alpha value is -3.41. The maximum atomic E-state index is 12.4. The molecule has 0 aliphatic carbocycles. The number of benzene rings is 1. The first-order valence-corrected chi connectivity index (χ1v) is 9.24. The van der Waals surface area contributed by atoms with Gasteiger partial charge in [0.2, 0.25) is 11.6 Å². The summed E-state index contributed by atoms with van der Waals surface area (Å²) in [4.78, 5) is 16.8. The average molecular weight is 401 g/mol. The maximum Gasteiger partial charge on any atom is 0.361 e. The van der Waals surface area contributed by atoms with Crippen LogP contribution in [-0.4, -0.2) is 42.4 Å². The summed E-state index contributed by atoms with van der Waals surface area (Å²) in [6, 6.07) is 7.41. The number of nitrogens with zero attached hydrogens (tertiary/aromatic N) is 6. The fraction of sp³-hybridized carbons (Fsp3) is 0.250. The van der Waals surface area contributed by atoms with Gasteiger partial charge in [-0.2, -0.15) is 4.68 Å². The number of ether oxygens (including phenoxy) is 1. The van der Waals surface area contributed by atoms with E-state index in [-0.39, 0.29) is 29.2 Å². The van der Waals surface area contributed by atoms with Crippen molar-refractivity contribution < 1.29 is 18.6 Å². The molecule has 0 aliphatic heterocycles. The largest absolute Gasteiger partial charge is 0.458 e. The Morgan fingerprint density at radius 1 is 1.32 bits per heavy atom. The average Bonchev–Trinajstić information content (AvgIpc) is 3.36. The molecule has 4 aromatic rings. The first-order chi connectivity index (χ1) is 13.5. The van der Waals surface area contributed by atoms with Crippen molar-refractivity contribution >= 4 is 34.6 Å². The number of aromatic nitrogens is 6. The van der Waals surface area contributed by atoms with Crippen molar-refractivity contribution in [2.75, 3.05) is 5.73 Å². The van der Waals surface area contributed by atoms with Crippen molar-refractivity contribution in [3.05, 3.63) is 35.7 Å². The number of oxazole rings is 1. The van der Waals surface area contributed by atoms with Gasteiger partial charge in [0.15, 0.2) is 11.3 Å². The normalized spacial score (nSPS) is 11.4. The molecule has 1 aromatic carbocycles. The van der Waals surface area contributed by atoms with Gasteiger partial charge >= 0.3 is 5.97 Å². The predicted molar refractivity (Wildman–Crippen MR) is 97.7 cm³/mol. The van der Waals surface area contributed by atoms with Crippen LogP contribution in [0.2, 0.25) is 0 Å². The van der Waals surface area contributed by atoms with Crippen LogP contribution in [0.3, 0.4) is 0 Å². The minimum atomic E-state index is -0.607. The summed E-state index contributed by atoms with van der Waals surface area (Å²) in [5, 5.41) is 15.6. The van der Waals surface area contributed by atoms with Crippen LogP contribution < -0.4 is 5.73 Å². The number of hydrogen-bond acceptors (Lipinski definition) is 11. The van der Waals surface area contributed by atoms with E-state index in [1.807, 2.05) is 24.3 Å². The monoisotopic (exact) mass is 401 g/mol. The molecule has 0 saturated carbocycles. The highest BCUT2D eigenvalue weighted by Gasteiger charge is 2.26. The molecule has 0 atom stereocenters. The first kappa shape index (κ1) is 18.0. The Labute approximate surface area is 162 Å². The van der Waals surface area contributed by atoms with E-state index in [1.165, 1.54) is 16.4 Å². The van der Waals surface area contributed by atoms with Crippen LogP contribution in [-0.2, 0) is 10.5 Å². The number of thioether (sulfide) groups is 1. The number of hydrogen-bond donors (Lipinski definition) is 1. The molecule has 28 heavy (non-hydrogen) atoms. The number of carbonyl (C=O) groups is 1. The molecule has 0 aliphatic rings. The van der Waals surface area contributed by atoms with Crippen LogP contribution in [0.4, 0.5) is 5.82 Å². The lowest BCUT2D eigenvalue weighted by atomic mass is 10.3. The standard InChI is InChI=1S/C16H15N7O4S/c1-8(2)25-15(24)12-10(23(22-19-12)14-13(17)20-27-21-14)7-28-16-18-9-5-3-4-6-11(9)26-16/h3-6,8H,7H2,1-2H3,(H2,17,20). The second kappa shape index (κ2) is 7.31. The van der Waals surface area contributed by atoms with Crippen molar-refractivity contribution in [1.29, 1.82) is 0 Å². The third-order valence-corrected chi connectivity index (χ3v) is 4.44. The molecule has 4 rings (SSSR count). The van der Waals surface area contributed by atoms with Crippen LogP contribution in [0, 0.1) is 0 Å². The summed E-state index contributed by atoms with van der Waals surface area (Å²) in [5.41, 5.74) is 7.61. The highest BCUT2D eigenvalue weighted by molar-refractivity contribution is 7.98. The topological polar surface area (TPSA) is 148 Å². The molecule has 12 heteroatoms. The Morgan fingerprint density at radius 2 is 2.14 bits per heavy atom. The smallest absolute Gasteiger partial charge is 0.361 e. The Morgan fingerprint density at radius 3 is 2.86 bits per heavy atom. The van der Waals surface area contributed by atoms with E-state index < -0.39 is 5.97 Å². The summed E-state index contributed by atoms with van der Waals surface area (Å²) in [7, 11) is 0. The summed E-state index contributed by atoms with van der Waals surface area (Å²) in [5.74, 6) is -0.218. The number of para-hydroxylation sites is 2. The zero-order valence-electron chi connectivity index (χ0n) is 14.9. The molecule has 0 unspecified atom stereocenters. The summed E-state index contributed by atoms with van der Waals surface area (Å²) >= 11 is 1.27. The van der Waals surface area contributed by atoms with Crippen LogP contribution >= 0.6 is 11.8 Å². The van der Waals surface area contributed by atoms with Crippen LogP contribution in [0.1, 0.15) is 30.0 Å². The van der Waals surface area contributed by atoms with Crippen molar-refractivity contribution in [2.45, 2.75) is 30.9 Å². The molecule has 0 bridgehead atoms. The molecular weight excluding hydrogens is 386 g/mol. The zero-order valence-corrected chi connectivity index (χ0v) is 15.7. The third-order valence-electron chi connectivity index (χ3n) is 3.60. The van der Waals surface area contributed by atoms with Crippen LogP contribution in [0.15, 0.2) is 38.5 Å². The van der Waals surface area contributed by atoms with Gasteiger partial charge in [-0.25, -0.2) is 14.4 Å². The second-order valence-corrected chi connectivity index (χ2v) is 6.89. The molecule has 11 nitrogen and oxygen atoms in total. The van der Waals surface area contributed by atoms with Crippen LogP contribution in [0.25, 0.3) is 16.9 Å². The highest BCUT2D eigenvalue weighted by Crippen LogP contribution is 2.28. The molecule has 2 N–H and O–H groups in total. The number of nitrogen functional groups attached to an aromatic ring is 1. The van der Waals surface area contributed by atoms with Gasteiger partial charge in [0.05, 0.1) is 11.8 Å². The number of nitrogens with two attached hydrogens (primary N) is 1. The fourth-order valence-corrected chi connectivity index (χ4v) is 3.24. The van der Waals surface area contributed by atoms with E-state index in [2.05, 4.69) is 30.2 Å². The van der Waals surface area contributed by atoms with E-state index in [4.69, 9.17) is 14.9 Å². The van der Waals surface area contributed by atoms with Crippen molar-refractivity contribution in [3.63, 3.8) is 0 Å². The maximum absolute atomic E-state index is 12.4. The molecule has 0 amide bonds. The highest BCUT2D eigenvalue weighted by atomic mass is 32.2. The Kier molecular flexibility index (Phi) is 4.69. The molecule has 3 heterocycles. The number of esters is 1. The van der Waals surface area contributed by atoms with Crippen molar-refractivity contribution in [2.24, 2.45) is 0 Å². The second-order valence-electron chi connectivity index (χ2n) is 5.96. The summed E-state index contributed by atoms with van der Waals surface area (Å²) in [6.07, 6.45) is -0.311. The lowest BCUT2D eigenvalue weighted by Gasteiger charge is -2.07. The van der Waals surface area contributed by atoms with Gasteiger partial charge in [-0.05, 0) is 36.3 Å². The van der Waals surface area contributed by atoms with E-state index in [0.717, 1.165) is 5.52 Å². The van der Waals surface area contributed by atoms with E-state index in [0.29, 0.717) is 16.5 Å². The van der Waals surface area contributed by atoms with Gasteiger partial charge in [0, 0.05) is 5.75 Å². The van der Waals surface area contributed by atoms with Gasteiger partial charge in [-0.1, -0.05) is 29.1 Å². The summed E-state index contributed by atoms with van der Waals surface area (Å²) < 4.78 is 16.9. The third kappa shape index (κ3) is 3.41. The molecule has 144 valence electrons. The van der Waals surface area contributed by atoms with Crippen molar-refractivity contribution in [1.82, 2.24) is 30.3 Å². The lowest BCUT2D eigenvalue weighted by Crippen LogP contribution is -2.14. The SMILES string of the molecule is CC(C)OC(=O)c1nnn(-c2nonc2N)c1CSc1nc2ccccc2o1. The van der Waals surface area contributed by atoms with Gasteiger partial charge in [0.25, 0.3) is 5.22 Å². The minimum Gasteiger partial charge on any atom is -0.458 e. The molecular formula is C16H15N7O4S. The molecule has 0 fully saturated rings. The van der Waals surface area contributed by atoms with Crippen molar-refractivity contribution in [3.8, 4) is 5.82 Å². The quantitative estimate of drug-likeness (QED) is 0.374. The first-order valence-electron chi connectivity index (χ1n) is 8.25.